The summed E-state index contributed by atoms with van der Waals surface area (Å²) in [6.45, 7) is 10.5. The molecule has 2 rings (SSSR count). The Kier molecular flexibility index (Phi) is 5.59. The average Bonchev–Trinajstić information content (AvgIpc) is 2.54. The molecule has 4 heteroatoms. The number of hydrogen-bond acceptors (Lipinski definition) is 3. The Labute approximate surface area is 134 Å². The second-order valence-corrected chi connectivity index (χ2v) is 11.0. The lowest BCUT2D eigenvalue weighted by molar-refractivity contribution is -0.246. The first-order valence-electron chi connectivity index (χ1n) is 7.93. The summed E-state index contributed by atoms with van der Waals surface area (Å²) in [6, 6.07) is 7.57. The molecule has 119 valence electrons. The van der Waals surface area contributed by atoms with E-state index in [4.69, 9.17) is 9.78 Å². The topological polar surface area (TPSA) is 35.5 Å². The van der Waals surface area contributed by atoms with E-state index in [1.165, 1.54) is 11.6 Å². The molecule has 0 amide bonds. The molecule has 22 heavy (non-hydrogen) atoms. The maximum Gasteiger partial charge on any atom is 0.373 e. The van der Waals surface area contributed by atoms with Crippen molar-refractivity contribution in [3.05, 3.63) is 48.2 Å². The van der Waals surface area contributed by atoms with Gasteiger partial charge in [-0.25, -0.2) is 4.79 Å². The fourth-order valence-corrected chi connectivity index (χ4v) is 3.84. The van der Waals surface area contributed by atoms with E-state index in [-0.39, 0.29) is 0 Å². The Morgan fingerprint density at radius 1 is 1.27 bits per heavy atom. The largest absolute Gasteiger partial charge is 0.373 e. The lowest BCUT2D eigenvalue weighted by Gasteiger charge is -2.25. The summed E-state index contributed by atoms with van der Waals surface area (Å²) >= 11 is 0. The fourth-order valence-electron chi connectivity index (χ4n) is 2.57. The Bertz CT molecular complexity index is 522. The van der Waals surface area contributed by atoms with Crippen molar-refractivity contribution in [1.82, 2.24) is 0 Å². The zero-order valence-corrected chi connectivity index (χ0v) is 14.7. The Morgan fingerprint density at radius 3 is 2.55 bits per heavy atom. The molecule has 0 N–H and O–H groups in total. The number of rotatable bonds is 5. The molecular formula is C18H25O3Si. The molecule has 0 saturated heterocycles. The van der Waals surface area contributed by atoms with E-state index in [1.807, 2.05) is 17.8 Å². The average molecular weight is 317 g/mol. The third-order valence-corrected chi connectivity index (χ3v) is 7.30. The lowest BCUT2D eigenvalue weighted by Crippen LogP contribution is -2.39. The van der Waals surface area contributed by atoms with Crippen molar-refractivity contribution >= 4 is 19.2 Å². The van der Waals surface area contributed by atoms with Gasteiger partial charge in [0.15, 0.2) is 6.10 Å². The van der Waals surface area contributed by atoms with Crippen LogP contribution in [-0.2, 0) is 9.78 Å². The highest BCUT2D eigenvalue weighted by molar-refractivity contribution is 6.93. The zero-order valence-electron chi connectivity index (χ0n) is 13.7. The van der Waals surface area contributed by atoms with Crippen LogP contribution < -0.4 is 5.19 Å². The van der Waals surface area contributed by atoms with Crippen molar-refractivity contribution in [2.75, 3.05) is 0 Å². The van der Waals surface area contributed by atoms with Gasteiger partial charge in [-0.2, -0.15) is 4.89 Å². The summed E-state index contributed by atoms with van der Waals surface area (Å²) in [5.74, 6) is -0.0711. The van der Waals surface area contributed by atoms with Crippen LogP contribution in [-0.4, -0.2) is 14.0 Å². The quantitative estimate of drug-likeness (QED) is 0.465. The van der Waals surface area contributed by atoms with Crippen molar-refractivity contribution in [3.63, 3.8) is 0 Å². The van der Waals surface area contributed by atoms with E-state index >= 15 is 0 Å². The maximum atomic E-state index is 12.1. The van der Waals surface area contributed by atoms with E-state index in [2.05, 4.69) is 26.6 Å². The van der Waals surface area contributed by atoms with Crippen molar-refractivity contribution in [1.29, 1.82) is 0 Å². The van der Waals surface area contributed by atoms with E-state index < -0.39 is 14.0 Å². The van der Waals surface area contributed by atoms with Gasteiger partial charge in [-0.15, -0.1) is 6.58 Å². The van der Waals surface area contributed by atoms with Crippen LogP contribution in [0, 0.1) is 12.0 Å². The second kappa shape index (κ2) is 7.25. The summed E-state index contributed by atoms with van der Waals surface area (Å²) in [6.07, 6.45) is 5.19. The van der Waals surface area contributed by atoms with Crippen LogP contribution in [0.5, 0.6) is 0 Å². The van der Waals surface area contributed by atoms with Crippen LogP contribution in [0.4, 0.5) is 0 Å². The molecule has 1 aromatic rings. The van der Waals surface area contributed by atoms with E-state index in [1.54, 1.807) is 12.1 Å². The summed E-state index contributed by atoms with van der Waals surface area (Å²) in [5.41, 5.74) is 2.55. The molecule has 1 aliphatic rings. The third kappa shape index (κ3) is 4.08. The molecule has 1 atom stereocenters. The normalized spacial score (nSPS) is 19.7. The second-order valence-electron chi connectivity index (χ2n) is 6.57. The lowest BCUT2D eigenvalue weighted by atomic mass is 9.88. The highest BCUT2D eigenvalue weighted by Gasteiger charge is 2.26. The van der Waals surface area contributed by atoms with Gasteiger partial charge in [0, 0.05) is 0 Å². The third-order valence-electron chi connectivity index (χ3n) is 4.46. The first-order chi connectivity index (χ1) is 10.4. The van der Waals surface area contributed by atoms with Gasteiger partial charge in [-0.05, 0) is 30.9 Å². The predicted molar refractivity (Wildman–Crippen MR) is 91.1 cm³/mol. The van der Waals surface area contributed by atoms with Crippen molar-refractivity contribution in [3.8, 4) is 0 Å². The van der Waals surface area contributed by atoms with Crippen LogP contribution in [0.1, 0.15) is 43.0 Å². The molecule has 1 aromatic carbocycles. The van der Waals surface area contributed by atoms with Crippen LogP contribution in [0.15, 0.2) is 36.5 Å². The van der Waals surface area contributed by atoms with Gasteiger partial charge in [0.2, 0.25) is 0 Å². The van der Waals surface area contributed by atoms with Crippen molar-refractivity contribution in [2.24, 2.45) is 5.92 Å². The highest BCUT2D eigenvalue weighted by Crippen LogP contribution is 2.32. The Balaban J connectivity index is 1.94. The smallest absolute Gasteiger partial charge is 0.292 e. The molecule has 0 heterocycles. The van der Waals surface area contributed by atoms with Gasteiger partial charge in [0.05, 0.1) is 5.56 Å². The first-order valence-corrected chi connectivity index (χ1v) is 11.0. The molecule has 0 bridgehead atoms. The number of hydrogen-bond donors (Lipinski definition) is 0. The zero-order chi connectivity index (χ0) is 16.2. The van der Waals surface area contributed by atoms with E-state index in [0.29, 0.717) is 11.5 Å². The standard InChI is InChI=1S/C18H25O3Si/c1-5-22(3,4)16-12-10-15(11-13-16)18(19)21-20-17-9-7-6-8-14(17)2/h5,10-14H,1,6-9H2,2-4H3. The van der Waals surface area contributed by atoms with Gasteiger partial charge >= 0.3 is 5.97 Å². The van der Waals surface area contributed by atoms with Gasteiger partial charge in [-0.1, -0.05) is 55.9 Å². The monoisotopic (exact) mass is 317 g/mol. The number of benzene rings is 1. The summed E-state index contributed by atoms with van der Waals surface area (Å²) in [4.78, 5) is 22.3. The summed E-state index contributed by atoms with van der Waals surface area (Å²) in [7, 11) is -1.59. The van der Waals surface area contributed by atoms with Crippen molar-refractivity contribution in [2.45, 2.75) is 45.7 Å². The number of carbonyl (C=O) groups excluding carboxylic acids is 1. The first kappa shape index (κ1) is 17.0. The molecule has 0 spiro atoms. The molecule has 1 unspecified atom stereocenters. The van der Waals surface area contributed by atoms with Gasteiger partial charge in [-0.3, -0.25) is 4.89 Å². The minimum absolute atomic E-state index is 0.364. The number of carbonyl (C=O) groups is 1. The summed E-state index contributed by atoms with van der Waals surface area (Å²) < 4.78 is 0. The van der Waals surface area contributed by atoms with Gasteiger partial charge in [0.25, 0.3) is 0 Å². The Morgan fingerprint density at radius 2 is 1.95 bits per heavy atom. The molecule has 0 aliphatic heterocycles. The van der Waals surface area contributed by atoms with E-state index in [0.717, 1.165) is 25.4 Å². The molecule has 3 nitrogen and oxygen atoms in total. The van der Waals surface area contributed by atoms with Crippen LogP contribution in [0.25, 0.3) is 0 Å². The minimum Gasteiger partial charge on any atom is -0.292 e. The van der Waals surface area contributed by atoms with E-state index in [9.17, 15) is 4.79 Å². The van der Waals surface area contributed by atoms with Crippen LogP contribution in [0.2, 0.25) is 13.1 Å². The maximum absolute atomic E-state index is 12.1. The molecule has 1 saturated carbocycles. The van der Waals surface area contributed by atoms with Gasteiger partial charge < -0.3 is 0 Å². The molecular weight excluding hydrogens is 292 g/mol. The van der Waals surface area contributed by atoms with Crippen LogP contribution >= 0.6 is 0 Å². The SMILES string of the molecule is C=C[Si](C)(C)c1ccc(C(=O)OO[C]2CCCCC2C)cc1. The van der Waals surface area contributed by atoms with Crippen molar-refractivity contribution < 1.29 is 14.6 Å². The molecule has 1 aliphatic carbocycles. The minimum atomic E-state index is -1.59. The molecule has 1 fully saturated rings. The fraction of sp³-hybridized carbons (Fsp3) is 0.444. The van der Waals surface area contributed by atoms with Crippen LogP contribution in [0.3, 0.4) is 0 Å². The van der Waals surface area contributed by atoms with Gasteiger partial charge in [0.1, 0.15) is 8.07 Å². The molecule has 0 aromatic heterocycles. The molecule has 1 radical (unpaired) electrons. The summed E-state index contributed by atoms with van der Waals surface area (Å²) in [5, 5.41) is 1.25. The predicted octanol–water partition coefficient (Wildman–Crippen LogP) is 4.16. The highest BCUT2D eigenvalue weighted by atomic mass is 28.3. The Hall–Kier alpha value is -1.39.